The average Bonchev–Trinajstić information content (AvgIpc) is 1.66. The largest absolute Gasteiger partial charge is 0.452 e. The first kappa shape index (κ1) is 67.8. The number of nitrogens with one attached hydrogen (secondary N) is 3. The number of halogens is 5. The van der Waals surface area contributed by atoms with Crippen LogP contribution >= 0.6 is 45.8 Å². The van der Waals surface area contributed by atoms with E-state index in [0.29, 0.717) is 88.6 Å². The Labute approximate surface area is 580 Å². The second-order valence-electron chi connectivity index (χ2n) is 23.5. The summed E-state index contributed by atoms with van der Waals surface area (Å²) in [5.74, 6) is -1.84. The number of rotatable bonds is 15. The van der Waals surface area contributed by atoms with Crippen LogP contribution in [-0.4, -0.2) is 120 Å². The third-order valence-corrected chi connectivity index (χ3v) is 24.3. The summed E-state index contributed by atoms with van der Waals surface area (Å²) in [6.45, 7) is 3.82. The molecule has 3 fully saturated rings. The van der Waals surface area contributed by atoms with E-state index in [1.54, 1.807) is 62.0 Å². The normalized spacial score (nSPS) is 18.6. The zero-order valence-corrected chi connectivity index (χ0v) is 57.3. The summed E-state index contributed by atoms with van der Waals surface area (Å²) >= 11 is 8.84. The number of amides is 3. The molecule has 3 atom stereocenters. The highest BCUT2D eigenvalue weighted by atomic mass is 35.5. The van der Waals surface area contributed by atoms with Crippen LogP contribution in [0.2, 0.25) is 5.02 Å². The monoisotopic (exact) mass is 1470 g/mol. The Bertz CT molecular complexity index is 4670. The highest BCUT2D eigenvalue weighted by Gasteiger charge is 2.43. The third-order valence-electron chi connectivity index (χ3n) is 17.6. The van der Waals surface area contributed by atoms with Gasteiger partial charge in [-0.1, -0.05) is 41.9 Å². The summed E-state index contributed by atoms with van der Waals surface area (Å²) in [4.78, 5) is 62.0. The minimum Gasteiger partial charge on any atom is -0.359 e. The van der Waals surface area contributed by atoms with Crippen LogP contribution in [0.5, 0.6) is 0 Å². The Hall–Kier alpha value is -8.79. The molecule has 512 valence electrons. The van der Waals surface area contributed by atoms with Crippen LogP contribution in [0.1, 0.15) is 56.0 Å². The molecular formula is C65H62ClF4N13O9S6. The molecule has 0 saturated carbocycles. The first-order valence-corrected chi connectivity index (χ1v) is 38.3. The zero-order chi connectivity index (χ0) is 68.7. The molecule has 0 aliphatic carbocycles. The first-order chi connectivity index (χ1) is 47.0. The van der Waals surface area contributed by atoms with E-state index in [0.717, 1.165) is 74.1 Å². The molecule has 33 heteroatoms. The molecule has 98 heavy (non-hydrogen) atoms. The molecule has 15 rings (SSSR count). The van der Waals surface area contributed by atoms with Crippen LogP contribution < -0.4 is 43.6 Å². The van der Waals surface area contributed by atoms with Gasteiger partial charge in [0.25, 0.3) is 30.1 Å². The number of nitrogens with zero attached hydrogens (tertiary/aromatic N) is 10. The van der Waals surface area contributed by atoms with Crippen molar-refractivity contribution in [3.8, 4) is 0 Å². The van der Waals surface area contributed by atoms with Gasteiger partial charge < -0.3 is 29.4 Å². The number of fused-ring (bicyclic) bond motifs is 3. The van der Waals surface area contributed by atoms with Crippen LogP contribution in [0.25, 0.3) is 0 Å². The van der Waals surface area contributed by atoms with Gasteiger partial charge in [-0.25, -0.2) is 39.6 Å². The number of hydrogen-bond acceptors (Lipinski definition) is 19. The SMILES string of the molecule is O=C1[C@@H](N2CCCc3cc(Cl)ccc32)CCN1c1ccc(S(=O)(=O)Nc2nc(C(F)(F)F)ns2)cc1.O=C1[C@@H](N2CCc3cccc(F)c32)CCN1c1ccc(S(=O)(=O)Nc2nccs2)cc1.O=C1[C@H](N2CCCc3ccccc32)CCN1c1ccc(S(=O)(=O)Nc2nccs2)cc1.[HH]. The van der Waals surface area contributed by atoms with E-state index >= 15 is 0 Å². The summed E-state index contributed by atoms with van der Waals surface area (Å²) in [5.41, 5.74) is 7.88. The molecule has 6 aromatic carbocycles. The fourth-order valence-corrected chi connectivity index (χ4v) is 18.6. The Morgan fingerprint density at radius 2 is 0.949 bits per heavy atom. The van der Waals surface area contributed by atoms with Gasteiger partial charge >= 0.3 is 6.18 Å². The van der Waals surface area contributed by atoms with Gasteiger partial charge in [0.15, 0.2) is 10.3 Å². The molecule has 3 N–H and O–H groups in total. The van der Waals surface area contributed by atoms with Crippen molar-refractivity contribution in [3.05, 3.63) is 190 Å². The second-order valence-corrected chi connectivity index (χ2v) is 31.5. The number of hydrogen-bond donors (Lipinski definition) is 3. The van der Waals surface area contributed by atoms with E-state index in [9.17, 15) is 57.2 Å². The van der Waals surface area contributed by atoms with E-state index in [-0.39, 0.29) is 51.7 Å². The molecule has 0 unspecified atom stereocenters. The van der Waals surface area contributed by atoms with Gasteiger partial charge in [-0.3, -0.25) is 28.5 Å². The van der Waals surface area contributed by atoms with Gasteiger partial charge in [-0.15, -0.1) is 22.7 Å². The van der Waals surface area contributed by atoms with Gasteiger partial charge in [0.1, 0.15) is 23.9 Å². The van der Waals surface area contributed by atoms with E-state index in [1.165, 1.54) is 89.0 Å². The van der Waals surface area contributed by atoms with Crippen LogP contribution in [0, 0.1) is 5.82 Å². The van der Waals surface area contributed by atoms with Crippen molar-refractivity contribution in [2.75, 3.05) is 82.8 Å². The number of aromatic nitrogens is 4. The first-order valence-electron chi connectivity index (χ1n) is 31.0. The van der Waals surface area contributed by atoms with Crippen molar-refractivity contribution in [2.24, 2.45) is 0 Å². The predicted molar refractivity (Wildman–Crippen MR) is 372 cm³/mol. The molecule has 6 aliphatic rings. The maximum atomic E-state index is 14.4. The number of carbonyl (C=O) groups is 3. The summed E-state index contributed by atoms with van der Waals surface area (Å²) < 4.78 is 138. The minimum atomic E-state index is -4.77. The predicted octanol–water partition coefficient (Wildman–Crippen LogP) is 11.6. The van der Waals surface area contributed by atoms with Crippen molar-refractivity contribution >= 4 is 143 Å². The standard InChI is InChI=1S/C22H19ClF3N5O3S2.C22H22N4O3S2.C21H19FN4O3S2.H2/c23-14-3-8-17-13(12-14)2-1-10-31(17)18-9-11-30(19(18)32)15-4-6-16(7-5-15)36(33,34)29-21-27-20(28-35-21)22(24,25)26;27-21-20(26-13-3-5-16-4-1-2-6-19(16)26)11-14-25(21)17-7-9-18(10-8-17)31(28,29)24-22-23-12-15-30-22;22-17-3-1-2-14-8-11-26(19(14)17)18-9-12-25(20(18)27)15-4-6-16(7-5-15)31(28,29)24-21-23-10-13-30-21;/h3-8,12,18H,1-2,9-11H2,(H,27,28,29);1-2,4,6-10,12,15,20H,3,5,11,13-14H2,(H,23,24);1-7,10,13,18H,8-9,11-12H2,(H,23,24);1H/t18-;20-;18-;/m010./s1. The number of anilines is 9. The van der Waals surface area contributed by atoms with Crippen molar-refractivity contribution in [1.29, 1.82) is 0 Å². The van der Waals surface area contributed by atoms with Gasteiger partial charge in [-0.05, 0) is 171 Å². The van der Waals surface area contributed by atoms with Gasteiger partial charge in [0.2, 0.25) is 28.7 Å². The Kier molecular flexibility index (Phi) is 19.3. The molecule has 0 spiro atoms. The third kappa shape index (κ3) is 14.3. The zero-order valence-electron chi connectivity index (χ0n) is 51.6. The van der Waals surface area contributed by atoms with Crippen molar-refractivity contribution in [1.82, 2.24) is 19.3 Å². The number of sulfonamides is 3. The average molecular weight is 1470 g/mol. The summed E-state index contributed by atoms with van der Waals surface area (Å²) in [5, 5.41) is 4.17. The van der Waals surface area contributed by atoms with Crippen molar-refractivity contribution in [2.45, 2.75) is 90.4 Å². The lowest BCUT2D eigenvalue weighted by atomic mass is 9.99. The lowest BCUT2D eigenvalue weighted by Crippen LogP contribution is -2.44. The quantitative estimate of drug-likeness (QED) is 0.0806. The highest BCUT2D eigenvalue weighted by molar-refractivity contribution is 7.93. The maximum Gasteiger partial charge on any atom is 0.452 e. The fraction of sp³-hybridized carbons (Fsp3) is 0.277. The lowest BCUT2D eigenvalue weighted by Gasteiger charge is -2.35. The number of carbonyl (C=O) groups excluding carboxylic acids is 3. The number of aryl methyl sites for hydroxylation is 2. The van der Waals surface area contributed by atoms with E-state index in [1.807, 2.05) is 46.0 Å². The number of para-hydroxylation sites is 2. The summed E-state index contributed by atoms with van der Waals surface area (Å²) in [6.07, 6.45) is 4.85. The highest BCUT2D eigenvalue weighted by Crippen LogP contribution is 2.40. The van der Waals surface area contributed by atoms with Gasteiger partial charge in [0.05, 0.1) is 20.4 Å². The summed E-state index contributed by atoms with van der Waals surface area (Å²) in [6, 6.07) is 36.3. The number of alkyl halides is 3. The summed E-state index contributed by atoms with van der Waals surface area (Å²) in [7, 11) is -11.7. The molecule has 3 amide bonds. The maximum absolute atomic E-state index is 14.4. The smallest absolute Gasteiger partial charge is 0.359 e. The van der Waals surface area contributed by atoms with Gasteiger partial charge in [0, 0.05) is 109 Å². The Balaban J connectivity index is 0.000000141. The molecule has 9 aromatic rings. The van der Waals surface area contributed by atoms with Crippen molar-refractivity contribution in [3.63, 3.8) is 0 Å². The van der Waals surface area contributed by atoms with Crippen LogP contribution in [0.3, 0.4) is 0 Å². The Morgan fingerprint density at radius 3 is 1.42 bits per heavy atom. The van der Waals surface area contributed by atoms with Crippen LogP contribution in [0.15, 0.2) is 171 Å². The van der Waals surface area contributed by atoms with E-state index in [2.05, 4.69) is 50.7 Å². The topological polar surface area (TPSA) is 261 Å². The van der Waals surface area contributed by atoms with Crippen LogP contribution in [-0.2, 0) is 69.9 Å². The fourth-order valence-electron chi connectivity index (χ4n) is 13.0. The molecular weight excluding hydrogens is 1410 g/mol. The molecule has 3 aromatic heterocycles. The van der Waals surface area contributed by atoms with E-state index in [4.69, 9.17) is 11.6 Å². The van der Waals surface area contributed by atoms with Crippen LogP contribution in [0.4, 0.5) is 67.1 Å². The lowest BCUT2D eigenvalue weighted by molar-refractivity contribution is -0.144. The second kappa shape index (κ2) is 27.8. The number of benzene rings is 6. The molecule has 3 saturated heterocycles. The number of thiazole rings is 2. The Morgan fingerprint density at radius 1 is 0.500 bits per heavy atom. The molecule has 6 aliphatic heterocycles. The minimum absolute atomic E-state index is 0. The van der Waals surface area contributed by atoms with Crippen molar-refractivity contribution < 1.29 is 58.6 Å². The molecule has 0 radical (unpaired) electrons. The molecule has 0 bridgehead atoms. The van der Waals surface area contributed by atoms with Gasteiger partial charge in [-0.2, -0.15) is 22.5 Å². The molecule has 22 nitrogen and oxygen atoms in total. The van der Waals surface area contributed by atoms with E-state index < -0.39 is 53.2 Å². The molecule has 9 heterocycles.